The van der Waals surface area contributed by atoms with Crippen LogP contribution in [-0.2, 0) is 11.3 Å². The molecule has 3 aromatic rings. The van der Waals surface area contributed by atoms with Gasteiger partial charge in [-0.1, -0.05) is 43.2 Å². The molecule has 0 aromatic heterocycles. The van der Waals surface area contributed by atoms with Gasteiger partial charge in [0.2, 0.25) is 0 Å². The first-order valence-electron chi connectivity index (χ1n) is 14.2. The molecule has 1 aliphatic carbocycles. The zero-order valence-corrected chi connectivity index (χ0v) is 23.8. The van der Waals surface area contributed by atoms with E-state index < -0.39 is 0 Å². The van der Waals surface area contributed by atoms with Crippen LogP contribution >= 0.6 is 11.8 Å². The minimum atomic E-state index is -0.278. The Kier molecular flexibility index (Phi) is 8.01. The minimum Gasteiger partial charge on any atom is -0.486 e. The molecule has 212 valence electrons. The number of carbonyl (C=O) groups is 2. The molecule has 0 spiro atoms. The monoisotopic (exact) mass is 572 g/mol. The summed E-state index contributed by atoms with van der Waals surface area (Å²) in [4.78, 5) is 29.3. The van der Waals surface area contributed by atoms with Crippen LogP contribution in [0.5, 0.6) is 11.5 Å². The van der Waals surface area contributed by atoms with Gasteiger partial charge in [0.05, 0.1) is 10.9 Å². The van der Waals surface area contributed by atoms with Gasteiger partial charge in [-0.15, -0.1) is 11.8 Å². The lowest BCUT2D eigenvalue weighted by atomic mass is 9.92. The van der Waals surface area contributed by atoms with Crippen molar-refractivity contribution >= 4 is 29.7 Å². The smallest absolute Gasteiger partial charge is 0.260 e. The average Bonchev–Trinajstić information content (AvgIpc) is 3.00. The van der Waals surface area contributed by atoms with Gasteiger partial charge in [-0.3, -0.25) is 9.59 Å². The van der Waals surface area contributed by atoms with Crippen molar-refractivity contribution < 1.29 is 23.5 Å². The SMILES string of the molecule is CC(NC(=O)c1ccc(/C=C2\SC3CCCCC3N(Cc3ccc(F)cc3)C2=O)cc1)c1ccc2c(c1)OCCO2. The van der Waals surface area contributed by atoms with E-state index >= 15 is 0 Å². The topological polar surface area (TPSA) is 67.9 Å². The maximum absolute atomic E-state index is 13.7. The Labute approximate surface area is 243 Å². The Morgan fingerprint density at radius 2 is 1.76 bits per heavy atom. The predicted molar refractivity (Wildman–Crippen MR) is 158 cm³/mol. The van der Waals surface area contributed by atoms with Crippen LogP contribution in [0, 0.1) is 5.82 Å². The molecule has 3 atom stereocenters. The molecule has 3 aliphatic rings. The standard InChI is InChI=1S/C33H33FN2O4S/c1-21(25-12-15-28-29(19-25)40-17-16-39-28)35-32(37)24-10-6-22(7-11-24)18-31-33(38)36(20-23-8-13-26(34)14-9-23)27-4-2-3-5-30(27)41-31/h6-15,18-19,21,27,30H,2-5,16-17,20H2,1H3,(H,35,37)/b31-18-. The van der Waals surface area contributed by atoms with E-state index in [2.05, 4.69) is 5.32 Å². The molecule has 3 aromatic carbocycles. The molecule has 1 saturated carbocycles. The Hall–Kier alpha value is -3.78. The summed E-state index contributed by atoms with van der Waals surface area (Å²) < 4.78 is 24.7. The van der Waals surface area contributed by atoms with Gasteiger partial charge in [0, 0.05) is 23.4 Å². The number of nitrogens with one attached hydrogen (secondary N) is 1. The maximum atomic E-state index is 13.7. The first-order chi connectivity index (χ1) is 19.9. The van der Waals surface area contributed by atoms with Gasteiger partial charge in [0.15, 0.2) is 11.5 Å². The molecule has 2 heterocycles. The molecule has 2 amide bonds. The summed E-state index contributed by atoms with van der Waals surface area (Å²) in [6.45, 7) is 3.45. The fourth-order valence-electron chi connectivity index (χ4n) is 5.72. The van der Waals surface area contributed by atoms with Gasteiger partial charge >= 0.3 is 0 Å². The predicted octanol–water partition coefficient (Wildman–Crippen LogP) is 6.52. The van der Waals surface area contributed by atoms with Crippen molar-refractivity contribution in [3.63, 3.8) is 0 Å². The largest absolute Gasteiger partial charge is 0.486 e. The molecular formula is C33H33FN2O4S. The molecular weight excluding hydrogens is 539 g/mol. The number of hydrogen-bond donors (Lipinski definition) is 1. The number of carbonyl (C=O) groups excluding carboxylic acids is 2. The second-order valence-corrected chi connectivity index (χ2v) is 12.1. The second kappa shape index (κ2) is 12.0. The summed E-state index contributed by atoms with van der Waals surface area (Å²) in [6, 6.07) is 19.4. The fourth-order valence-corrected chi connectivity index (χ4v) is 7.20. The number of benzene rings is 3. The Balaban J connectivity index is 1.15. The van der Waals surface area contributed by atoms with Crippen LogP contribution in [0.3, 0.4) is 0 Å². The lowest BCUT2D eigenvalue weighted by Crippen LogP contribution is -2.50. The van der Waals surface area contributed by atoms with E-state index in [1.807, 2.05) is 48.2 Å². The normalized spacial score (nSPS) is 21.8. The number of ether oxygens (including phenoxy) is 2. The zero-order valence-electron chi connectivity index (χ0n) is 23.0. The maximum Gasteiger partial charge on any atom is 0.260 e. The highest BCUT2D eigenvalue weighted by Gasteiger charge is 2.40. The first kappa shape index (κ1) is 27.4. The summed E-state index contributed by atoms with van der Waals surface area (Å²) in [5, 5.41) is 3.40. The van der Waals surface area contributed by atoms with Gasteiger partial charge < -0.3 is 19.7 Å². The lowest BCUT2D eigenvalue weighted by Gasteiger charge is -2.44. The number of hydrogen-bond acceptors (Lipinski definition) is 5. The summed E-state index contributed by atoms with van der Waals surface area (Å²) in [7, 11) is 0. The third-order valence-electron chi connectivity index (χ3n) is 7.97. The highest BCUT2D eigenvalue weighted by atomic mass is 32.2. The van der Waals surface area contributed by atoms with Crippen LogP contribution in [-0.4, -0.2) is 41.2 Å². The van der Waals surface area contributed by atoms with Crippen molar-refractivity contribution in [2.45, 2.75) is 56.5 Å². The molecule has 3 unspecified atom stereocenters. The third-order valence-corrected chi connectivity index (χ3v) is 9.37. The van der Waals surface area contributed by atoms with Gasteiger partial charge in [-0.2, -0.15) is 0 Å². The second-order valence-electron chi connectivity index (χ2n) is 10.8. The Bertz CT molecular complexity index is 1460. The van der Waals surface area contributed by atoms with Crippen LogP contribution < -0.4 is 14.8 Å². The van der Waals surface area contributed by atoms with Gasteiger partial charge in [0.1, 0.15) is 19.0 Å². The number of halogens is 1. The van der Waals surface area contributed by atoms with Crippen molar-refractivity contribution in [3.8, 4) is 11.5 Å². The molecule has 1 N–H and O–H groups in total. The number of fused-ring (bicyclic) bond motifs is 2. The molecule has 6 rings (SSSR count). The fraction of sp³-hybridized carbons (Fsp3) is 0.333. The summed E-state index contributed by atoms with van der Waals surface area (Å²) in [5.74, 6) is 0.969. The van der Waals surface area contributed by atoms with E-state index in [-0.39, 0.29) is 29.7 Å². The first-order valence-corrected chi connectivity index (χ1v) is 15.1. The van der Waals surface area contributed by atoms with Crippen molar-refractivity contribution in [3.05, 3.63) is 99.7 Å². The Morgan fingerprint density at radius 3 is 2.54 bits per heavy atom. The van der Waals surface area contributed by atoms with Crippen LogP contribution in [0.1, 0.15) is 65.7 Å². The molecule has 0 radical (unpaired) electrons. The third kappa shape index (κ3) is 6.12. The molecule has 8 heteroatoms. The van der Waals surface area contributed by atoms with E-state index in [0.717, 1.165) is 48.1 Å². The molecule has 6 nitrogen and oxygen atoms in total. The number of rotatable bonds is 6. The van der Waals surface area contributed by atoms with E-state index in [1.54, 1.807) is 36.0 Å². The van der Waals surface area contributed by atoms with Crippen molar-refractivity contribution in [2.24, 2.45) is 0 Å². The van der Waals surface area contributed by atoms with E-state index in [0.29, 0.717) is 41.2 Å². The van der Waals surface area contributed by atoms with E-state index in [1.165, 1.54) is 12.1 Å². The van der Waals surface area contributed by atoms with Crippen LogP contribution in [0.2, 0.25) is 0 Å². The van der Waals surface area contributed by atoms with Gasteiger partial charge in [-0.05, 0) is 78.9 Å². The van der Waals surface area contributed by atoms with Crippen molar-refractivity contribution in [1.82, 2.24) is 10.2 Å². The number of thioether (sulfide) groups is 1. The molecule has 2 aliphatic heterocycles. The average molecular weight is 573 g/mol. The number of amides is 2. The molecule has 2 fully saturated rings. The number of nitrogens with zero attached hydrogens (tertiary/aromatic N) is 1. The minimum absolute atomic E-state index is 0.0116. The summed E-state index contributed by atoms with van der Waals surface area (Å²) in [6.07, 6.45) is 6.27. The van der Waals surface area contributed by atoms with Crippen molar-refractivity contribution in [1.29, 1.82) is 0 Å². The van der Waals surface area contributed by atoms with Crippen molar-refractivity contribution in [2.75, 3.05) is 13.2 Å². The Morgan fingerprint density at radius 1 is 1.02 bits per heavy atom. The zero-order chi connectivity index (χ0) is 28.3. The van der Waals surface area contributed by atoms with E-state index in [4.69, 9.17) is 9.47 Å². The lowest BCUT2D eigenvalue weighted by molar-refractivity contribution is -0.130. The molecule has 1 saturated heterocycles. The molecule has 0 bridgehead atoms. The summed E-state index contributed by atoms with van der Waals surface area (Å²) in [5.41, 5.74) is 3.27. The van der Waals surface area contributed by atoms with Gasteiger partial charge in [-0.25, -0.2) is 4.39 Å². The highest BCUT2D eigenvalue weighted by Crippen LogP contribution is 2.42. The van der Waals surface area contributed by atoms with Gasteiger partial charge in [0.25, 0.3) is 11.8 Å². The highest BCUT2D eigenvalue weighted by molar-refractivity contribution is 8.04. The van der Waals surface area contributed by atoms with Crippen LogP contribution in [0.25, 0.3) is 6.08 Å². The molecule has 41 heavy (non-hydrogen) atoms. The van der Waals surface area contributed by atoms with Crippen LogP contribution in [0.4, 0.5) is 4.39 Å². The quantitative estimate of drug-likeness (QED) is 0.341. The van der Waals surface area contributed by atoms with Crippen LogP contribution in [0.15, 0.2) is 71.6 Å². The summed E-state index contributed by atoms with van der Waals surface area (Å²) >= 11 is 1.67. The van der Waals surface area contributed by atoms with E-state index in [9.17, 15) is 14.0 Å².